The maximum absolute atomic E-state index is 12.4. The second kappa shape index (κ2) is 4.04. The van der Waals surface area contributed by atoms with E-state index in [4.69, 9.17) is 0 Å². The molecule has 1 heterocycles. The summed E-state index contributed by atoms with van der Waals surface area (Å²) in [5.74, 6) is 1.70. The van der Waals surface area contributed by atoms with Gasteiger partial charge in [-0.05, 0) is 61.4 Å². The molecular formula is C14H16N2O3S. The van der Waals surface area contributed by atoms with Crippen LogP contribution in [-0.4, -0.2) is 21.4 Å². The molecule has 4 unspecified atom stereocenters. The number of carboxylic acid groups (broad SMARTS) is 1. The number of carbonyl (C=O) groups excluding carboxylic acids is 1. The minimum atomic E-state index is -1.03. The van der Waals surface area contributed by atoms with Crippen LogP contribution in [-0.2, 0) is 4.79 Å². The second-order valence-electron chi connectivity index (χ2n) is 6.28. The van der Waals surface area contributed by atoms with Crippen molar-refractivity contribution in [3.8, 4) is 0 Å². The molecule has 5 nitrogen and oxygen atoms in total. The van der Waals surface area contributed by atoms with Crippen molar-refractivity contribution in [1.29, 1.82) is 0 Å². The van der Waals surface area contributed by atoms with Crippen molar-refractivity contribution < 1.29 is 14.7 Å². The molecule has 4 atom stereocenters. The quantitative estimate of drug-likeness (QED) is 0.896. The third-order valence-electron chi connectivity index (χ3n) is 5.35. The highest BCUT2D eigenvalue weighted by Gasteiger charge is 2.67. The van der Waals surface area contributed by atoms with Crippen LogP contribution in [0.4, 0.5) is 5.00 Å². The number of aromatic nitrogens is 1. The van der Waals surface area contributed by atoms with E-state index in [1.54, 1.807) is 6.92 Å². The Labute approximate surface area is 120 Å². The van der Waals surface area contributed by atoms with E-state index in [1.807, 2.05) is 0 Å². The van der Waals surface area contributed by atoms with E-state index in [2.05, 4.69) is 9.69 Å². The average Bonchev–Trinajstić information content (AvgIpc) is 2.71. The van der Waals surface area contributed by atoms with E-state index in [0.29, 0.717) is 22.5 Å². The Morgan fingerprint density at radius 2 is 1.95 bits per heavy atom. The molecule has 1 aromatic heterocycles. The summed E-state index contributed by atoms with van der Waals surface area (Å²) >= 11 is 1.06. The first kappa shape index (κ1) is 12.3. The summed E-state index contributed by atoms with van der Waals surface area (Å²) in [6.45, 7) is 1.65. The van der Waals surface area contributed by atoms with Gasteiger partial charge in [-0.3, -0.25) is 4.79 Å². The zero-order valence-corrected chi connectivity index (χ0v) is 11.9. The van der Waals surface area contributed by atoms with Crippen molar-refractivity contribution in [3.05, 3.63) is 11.3 Å². The Hall–Kier alpha value is -1.43. The number of carboxylic acids is 1. The fourth-order valence-electron chi connectivity index (χ4n) is 4.58. The van der Waals surface area contributed by atoms with Crippen LogP contribution in [0.1, 0.15) is 35.3 Å². The van der Waals surface area contributed by atoms with Crippen LogP contribution in [0, 0.1) is 36.5 Å². The van der Waals surface area contributed by atoms with E-state index >= 15 is 0 Å². The molecule has 2 N–H and O–H groups in total. The van der Waals surface area contributed by atoms with Gasteiger partial charge in [-0.2, -0.15) is 4.37 Å². The lowest BCUT2D eigenvalue weighted by molar-refractivity contribution is -0.118. The lowest BCUT2D eigenvalue weighted by atomic mass is 10.0. The van der Waals surface area contributed by atoms with Gasteiger partial charge < -0.3 is 10.4 Å². The second-order valence-corrected chi connectivity index (χ2v) is 7.05. The molecule has 106 valence electrons. The smallest absolute Gasteiger partial charge is 0.340 e. The Morgan fingerprint density at radius 1 is 1.30 bits per heavy atom. The first-order valence-corrected chi connectivity index (χ1v) is 7.85. The number of aromatic carboxylic acids is 1. The molecule has 6 heteroatoms. The molecule has 0 radical (unpaired) electrons. The highest BCUT2D eigenvalue weighted by atomic mass is 32.1. The monoisotopic (exact) mass is 292 g/mol. The summed E-state index contributed by atoms with van der Waals surface area (Å²) in [5, 5.41) is 12.4. The molecule has 3 saturated carbocycles. The molecule has 20 heavy (non-hydrogen) atoms. The number of aryl methyl sites for hydroxylation is 1. The van der Waals surface area contributed by atoms with E-state index in [9.17, 15) is 14.7 Å². The Bertz CT molecular complexity index is 596. The van der Waals surface area contributed by atoms with Crippen LogP contribution in [0.25, 0.3) is 0 Å². The Morgan fingerprint density at radius 3 is 2.55 bits per heavy atom. The largest absolute Gasteiger partial charge is 0.478 e. The maximum Gasteiger partial charge on any atom is 0.340 e. The summed E-state index contributed by atoms with van der Waals surface area (Å²) in [6.07, 6.45) is 3.85. The molecule has 0 aromatic carbocycles. The van der Waals surface area contributed by atoms with Crippen molar-refractivity contribution in [2.75, 3.05) is 5.32 Å². The van der Waals surface area contributed by atoms with Crippen molar-refractivity contribution in [2.45, 2.75) is 26.2 Å². The molecule has 1 amide bonds. The van der Waals surface area contributed by atoms with Gasteiger partial charge in [0.25, 0.3) is 0 Å². The molecule has 4 rings (SSSR count). The van der Waals surface area contributed by atoms with Crippen molar-refractivity contribution >= 4 is 28.4 Å². The lowest BCUT2D eigenvalue weighted by Crippen LogP contribution is -2.19. The molecule has 1 aromatic rings. The SMILES string of the molecule is Cc1nsc(NC(=O)C2C3C4CCC(C4)C23)c1C(=O)O. The fraction of sp³-hybridized carbons (Fsp3) is 0.643. The third-order valence-corrected chi connectivity index (χ3v) is 6.21. The molecule has 0 saturated heterocycles. The Balaban J connectivity index is 1.51. The minimum absolute atomic E-state index is 0.00255. The average molecular weight is 292 g/mol. The summed E-state index contributed by atoms with van der Waals surface area (Å²) in [6, 6.07) is 0. The van der Waals surface area contributed by atoms with E-state index in [1.165, 1.54) is 19.3 Å². The highest BCUT2D eigenvalue weighted by molar-refractivity contribution is 7.11. The minimum Gasteiger partial charge on any atom is -0.478 e. The van der Waals surface area contributed by atoms with Gasteiger partial charge in [-0.25, -0.2) is 4.79 Å². The van der Waals surface area contributed by atoms with Gasteiger partial charge in [0.15, 0.2) is 0 Å². The summed E-state index contributed by atoms with van der Waals surface area (Å²) in [5.41, 5.74) is 0.603. The number of hydrogen-bond donors (Lipinski definition) is 2. The predicted molar refractivity (Wildman–Crippen MR) is 73.7 cm³/mol. The normalized spacial score (nSPS) is 36.8. The topological polar surface area (TPSA) is 79.3 Å². The summed E-state index contributed by atoms with van der Waals surface area (Å²) in [4.78, 5) is 23.6. The number of nitrogens with zero attached hydrogens (tertiary/aromatic N) is 1. The number of hydrogen-bond acceptors (Lipinski definition) is 4. The summed E-state index contributed by atoms with van der Waals surface area (Å²) in [7, 11) is 0. The van der Waals surface area contributed by atoms with Crippen LogP contribution >= 0.6 is 11.5 Å². The van der Waals surface area contributed by atoms with Crippen LogP contribution in [0.3, 0.4) is 0 Å². The van der Waals surface area contributed by atoms with E-state index < -0.39 is 5.97 Å². The zero-order chi connectivity index (χ0) is 14.0. The van der Waals surface area contributed by atoms with Gasteiger partial charge in [0.05, 0.1) is 5.69 Å². The fourth-order valence-corrected chi connectivity index (χ4v) is 5.37. The predicted octanol–water partition coefficient (Wildman–Crippen LogP) is 2.38. The van der Waals surface area contributed by atoms with Crippen LogP contribution in [0.5, 0.6) is 0 Å². The maximum atomic E-state index is 12.4. The summed E-state index contributed by atoms with van der Waals surface area (Å²) < 4.78 is 4.03. The van der Waals surface area contributed by atoms with Gasteiger partial charge in [-0.1, -0.05) is 0 Å². The van der Waals surface area contributed by atoms with Gasteiger partial charge in [-0.15, -0.1) is 0 Å². The number of fused-ring (bicyclic) bond motifs is 5. The van der Waals surface area contributed by atoms with Crippen LogP contribution in [0.2, 0.25) is 0 Å². The Kier molecular flexibility index (Phi) is 2.49. The van der Waals surface area contributed by atoms with Crippen molar-refractivity contribution in [2.24, 2.45) is 29.6 Å². The number of nitrogens with one attached hydrogen (secondary N) is 1. The van der Waals surface area contributed by atoms with Gasteiger partial charge >= 0.3 is 5.97 Å². The molecule has 0 spiro atoms. The standard InChI is InChI=1S/C14H16N2O3S/c1-5-8(14(18)19)13(20-16-5)15-12(17)11-9-6-2-3-7(4-6)10(9)11/h6-7,9-11H,2-4H2,1H3,(H,15,17)(H,18,19). The number of carbonyl (C=O) groups is 2. The van der Waals surface area contributed by atoms with Crippen LogP contribution in [0.15, 0.2) is 0 Å². The first-order valence-electron chi connectivity index (χ1n) is 7.08. The van der Waals surface area contributed by atoms with Crippen molar-refractivity contribution in [1.82, 2.24) is 4.37 Å². The first-order chi connectivity index (χ1) is 9.58. The third kappa shape index (κ3) is 1.57. The molecule has 3 aliphatic rings. The lowest BCUT2D eigenvalue weighted by Gasteiger charge is -2.08. The number of anilines is 1. The number of amides is 1. The van der Waals surface area contributed by atoms with E-state index in [0.717, 1.165) is 23.4 Å². The highest BCUT2D eigenvalue weighted by Crippen LogP contribution is 2.69. The molecule has 0 aliphatic heterocycles. The van der Waals surface area contributed by atoms with Gasteiger partial charge in [0, 0.05) is 5.92 Å². The van der Waals surface area contributed by atoms with Gasteiger partial charge in [0.2, 0.25) is 5.91 Å². The zero-order valence-electron chi connectivity index (χ0n) is 11.1. The van der Waals surface area contributed by atoms with Gasteiger partial charge in [0.1, 0.15) is 10.6 Å². The molecule has 2 bridgehead atoms. The van der Waals surface area contributed by atoms with Crippen LogP contribution < -0.4 is 5.32 Å². The molecule has 3 aliphatic carbocycles. The van der Waals surface area contributed by atoms with Crippen molar-refractivity contribution in [3.63, 3.8) is 0 Å². The van der Waals surface area contributed by atoms with E-state index in [-0.39, 0.29) is 17.4 Å². The molecule has 3 fully saturated rings. The molecular weight excluding hydrogens is 276 g/mol. The number of rotatable bonds is 3.